The fourth-order valence-corrected chi connectivity index (χ4v) is 4.72. The molecule has 8 nitrogen and oxygen atoms in total. The van der Waals surface area contributed by atoms with Crippen LogP contribution in [0.25, 0.3) is 16.7 Å². The highest BCUT2D eigenvalue weighted by molar-refractivity contribution is 5.78. The van der Waals surface area contributed by atoms with Crippen LogP contribution in [0.1, 0.15) is 12.1 Å². The lowest BCUT2D eigenvalue weighted by atomic mass is 10.1. The van der Waals surface area contributed by atoms with Crippen LogP contribution in [-0.2, 0) is 11.2 Å². The Balaban J connectivity index is 1.29. The van der Waals surface area contributed by atoms with Crippen LogP contribution < -0.4 is 19.9 Å². The van der Waals surface area contributed by atoms with Crippen molar-refractivity contribution in [2.75, 3.05) is 45.3 Å². The number of ether oxygens (including phenoxy) is 2. The molecule has 0 unspecified atom stereocenters. The zero-order valence-corrected chi connectivity index (χ0v) is 21.1. The van der Waals surface area contributed by atoms with Crippen LogP contribution in [0.5, 0.6) is 11.5 Å². The molecule has 1 amide bonds. The molecule has 37 heavy (non-hydrogen) atoms. The summed E-state index contributed by atoms with van der Waals surface area (Å²) < 4.78 is 12.2. The minimum Gasteiger partial charge on any atom is -0.497 e. The number of nitrogens with zero attached hydrogens (tertiary/aromatic N) is 4. The summed E-state index contributed by atoms with van der Waals surface area (Å²) in [4.78, 5) is 35.3. The summed E-state index contributed by atoms with van der Waals surface area (Å²) in [5, 5.41) is 0. The van der Waals surface area contributed by atoms with Crippen LogP contribution in [0, 0.1) is 0 Å². The van der Waals surface area contributed by atoms with Crippen molar-refractivity contribution in [3.8, 4) is 17.2 Å². The number of anilines is 1. The Labute approximate surface area is 215 Å². The molecular weight excluding hydrogens is 468 g/mol. The lowest BCUT2D eigenvalue weighted by Crippen LogP contribution is -2.48. The number of carbonyl (C=O) groups excluding carboxylic acids is 1. The first-order chi connectivity index (χ1) is 18.1. The van der Waals surface area contributed by atoms with E-state index in [2.05, 4.69) is 9.88 Å². The molecule has 2 heterocycles. The molecule has 0 N–H and O–H groups in total. The molecule has 4 aromatic rings. The van der Waals surface area contributed by atoms with Gasteiger partial charge in [0.05, 0.1) is 25.3 Å². The van der Waals surface area contributed by atoms with Crippen LogP contribution in [0.2, 0.25) is 0 Å². The van der Waals surface area contributed by atoms with Gasteiger partial charge >= 0.3 is 0 Å². The topological polar surface area (TPSA) is 76.9 Å². The Morgan fingerprint density at radius 1 is 0.811 bits per heavy atom. The molecule has 0 radical (unpaired) electrons. The number of aryl methyl sites for hydroxylation is 1. The Kier molecular flexibility index (Phi) is 7.07. The van der Waals surface area contributed by atoms with Gasteiger partial charge in [0.1, 0.15) is 17.2 Å². The Morgan fingerprint density at radius 2 is 1.41 bits per heavy atom. The average Bonchev–Trinajstić information content (AvgIpc) is 2.96. The molecule has 1 fully saturated rings. The summed E-state index contributed by atoms with van der Waals surface area (Å²) in [6.45, 7) is 2.81. The maximum atomic E-state index is 13.5. The van der Waals surface area contributed by atoms with Crippen LogP contribution in [-0.4, -0.2) is 60.8 Å². The normalized spacial score (nSPS) is 13.6. The zero-order valence-electron chi connectivity index (χ0n) is 21.1. The number of carbonyl (C=O) groups is 1. The minimum absolute atomic E-state index is 0.0414. The molecule has 190 valence electrons. The van der Waals surface area contributed by atoms with Gasteiger partial charge in [-0.1, -0.05) is 12.1 Å². The van der Waals surface area contributed by atoms with Crippen molar-refractivity contribution < 1.29 is 14.3 Å². The molecule has 0 aliphatic carbocycles. The molecule has 8 heteroatoms. The van der Waals surface area contributed by atoms with Gasteiger partial charge in [0.25, 0.3) is 5.56 Å². The highest BCUT2D eigenvalue weighted by Gasteiger charge is 2.22. The SMILES string of the molecule is COc1ccc(N2CCN(C(=O)CCc3nc4ccccc4n(-c4ccc(OC)cc4)c3=O)CC2)cc1. The number of fused-ring (bicyclic) bond motifs is 1. The fourth-order valence-electron chi connectivity index (χ4n) is 4.72. The van der Waals surface area contributed by atoms with Crippen LogP contribution in [0.15, 0.2) is 77.6 Å². The Bertz CT molecular complexity index is 1440. The molecule has 0 bridgehead atoms. The standard InChI is InChI=1S/C29H30N4O4/c1-36-23-11-7-21(8-12-23)31-17-19-32(20-18-31)28(34)16-15-26-29(35)33(22-9-13-24(37-2)14-10-22)27-6-4-3-5-25(27)30-26/h3-14H,15-20H2,1-2H3. The largest absolute Gasteiger partial charge is 0.497 e. The van der Waals surface area contributed by atoms with E-state index in [0.717, 1.165) is 35.7 Å². The minimum atomic E-state index is -0.207. The van der Waals surface area contributed by atoms with Gasteiger partial charge in [0.2, 0.25) is 5.91 Å². The molecule has 0 spiro atoms. The van der Waals surface area contributed by atoms with E-state index in [-0.39, 0.29) is 24.3 Å². The predicted octanol–water partition coefficient (Wildman–Crippen LogP) is 3.68. The second-order valence-corrected chi connectivity index (χ2v) is 8.95. The number of benzene rings is 3. The smallest absolute Gasteiger partial charge is 0.277 e. The quantitative estimate of drug-likeness (QED) is 0.387. The highest BCUT2D eigenvalue weighted by atomic mass is 16.5. The molecule has 0 atom stereocenters. The van der Waals surface area contributed by atoms with Crippen molar-refractivity contribution in [1.82, 2.24) is 14.5 Å². The van der Waals surface area contributed by atoms with Gasteiger partial charge in [-0.25, -0.2) is 4.98 Å². The Morgan fingerprint density at radius 3 is 2.03 bits per heavy atom. The van der Waals surface area contributed by atoms with Crippen LogP contribution in [0.3, 0.4) is 0 Å². The average molecular weight is 499 g/mol. The summed E-state index contributed by atoms with van der Waals surface area (Å²) in [5.74, 6) is 1.58. The van der Waals surface area contributed by atoms with Crippen LogP contribution >= 0.6 is 0 Å². The number of aromatic nitrogens is 2. The van der Waals surface area contributed by atoms with Crippen molar-refractivity contribution >= 4 is 22.6 Å². The van der Waals surface area contributed by atoms with Crippen molar-refractivity contribution in [3.05, 3.63) is 88.8 Å². The van der Waals surface area contributed by atoms with E-state index in [1.54, 1.807) is 18.8 Å². The fraction of sp³-hybridized carbons (Fsp3) is 0.276. The van der Waals surface area contributed by atoms with Crippen molar-refractivity contribution in [3.63, 3.8) is 0 Å². The monoisotopic (exact) mass is 498 g/mol. The highest BCUT2D eigenvalue weighted by Crippen LogP contribution is 2.22. The molecule has 1 aliphatic rings. The summed E-state index contributed by atoms with van der Waals surface area (Å²) in [6, 6.07) is 22.9. The van der Waals surface area contributed by atoms with E-state index in [0.29, 0.717) is 30.0 Å². The third-order valence-electron chi connectivity index (χ3n) is 6.80. The van der Waals surface area contributed by atoms with Gasteiger partial charge in [-0.05, 0) is 60.7 Å². The van der Waals surface area contributed by atoms with Crippen molar-refractivity contribution in [1.29, 1.82) is 0 Å². The second kappa shape index (κ2) is 10.7. The van der Waals surface area contributed by atoms with Gasteiger partial charge in [0.15, 0.2) is 0 Å². The summed E-state index contributed by atoms with van der Waals surface area (Å²) in [5.41, 5.74) is 3.47. The lowest BCUT2D eigenvalue weighted by molar-refractivity contribution is -0.131. The maximum absolute atomic E-state index is 13.5. The van der Waals surface area contributed by atoms with Gasteiger partial charge in [-0.2, -0.15) is 0 Å². The number of piperazine rings is 1. The zero-order chi connectivity index (χ0) is 25.8. The number of para-hydroxylation sites is 2. The van der Waals surface area contributed by atoms with E-state index in [1.807, 2.05) is 77.7 Å². The number of hydrogen-bond acceptors (Lipinski definition) is 6. The molecule has 1 aromatic heterocycles. The summed E-state index contributed by atoms with van der Waals surface area (Å²) in [6.07, 6.45) is 0.531. The molecule has 5 rings (SSSR count). The molecular formula is C29H30N4O4. The number of amides is 1. The molecule has 0 saturated carbocycles. The lowest BCUT2D eigenvalue weighted by Gasteiger charge is -2.36. The van der Waals surface area contributed by atoms with Crippen molar-refractivity contribution in [2.45, 2.75) is 12.8 Å². The van der Waals surface area contributed by atoms with Crippen LogP contribution in [0.4, 0.5) is 5.69 Å². The Hall–Kier alpha value is -4.33. The summed E-state index contributed by atoms with van der Waals surface area (Å²) in [7, 11) is 3.26. The van der Waals surface area contributed by atoms with E-state index >= 15 is 0 Å². The molecule has 1 saturated heterocycles. The van der Waals surface area contributed by atoms with Gasteiger partial charge in [-0.3, -0.25) is 14.2 Å². The number of methoxy groups -OCH3 is 2. The number of rotatable bonds is 7. The van der Waals surface area contributed by atoms with E-state index in [4.69, 9.17) is 9.47 Å². The number of hydrogen-bond donors (Lipinski definition) is 0. The third-order valence-corrected chi connectivity index (χ3v) is 6.80. The molecule has 3 aromatic carbocycles. The van der Waals surface area contributed by atoms with E-state index < -0.39 is 0 Å². The van der Waals surface area contributed by atoms with Crippen molar-refractivity contribution in [2.24, 2.45) is 0 Å². The first-order valence-electron chi connectivity index (χ1n) is 12.4. The van der Waals surface area contributed by atoms with Gasteiger partial charge in [0, 0.05) is 50.4 Å². The van der Waals surface area contributed by atoms with Gasteiger partial charge in [-0.15, -0.1) is 0 Å². The first kappa shape index (κ1) is 24.4. The first-order valence-corrected chi connectivity index (χ1v) is 12.4. The van der Waals surface area contributed by atoms with Gasteiger partial charge < -0.3 is 19.3 Å². The third kappa shape index (κ3) is 5.14. The maximum Gasteiger partial charge on any atom is 0.277 e. The molecule has 1 aliphatic heterocycles. The second-order valence-electron chi connectivity index (χ2n) is 8.95. The van der Waals surface area contributed by atoms with E-state index in [9.17, 15) is 9.59 Å². The van der Waals surface area contributed by atoms with E-state index in [1.165, 1.54) is 0 Å². The summed E-state index contributed by atoms with van der Waals surface area (Å²) >= 11 is 0. The predicted molar refractivity (Wildman–Crippen MR) is 144 cm³/mol.